The van der Waals surface area contributed by atoms with Crippen molar-refractivity contribution in [1.29, 1.82) is 0 Å². The molecule has 20 heavy (non-hydrogen) atoms. The summed E-state index contributed by atoms with van der Waals surface area (Å²) in [6.45, 7) is 7.51. The van der Waals surface area contributed by atoms with Crippen molar-refractivity contribution in [3.63, 3.8) is 0 Å². The minimum atomic E-state index is -0.159. The molecule has 0 unspecified atom stereocenters. The molecular weight excluding hydrogens is 254 g/mol. The predicted octanol–water partition coefficient (Wildman–Crippen LogP) is 1.36. The number of unbranched alkanes of at least 4 members (excludes halogenated alkanes) is 1. The molecule has 2 heterocycles. The summed E-state index contributed by atoms with van der Waals surface area (Å²) in [5.41, 5.74) is 0. The van der Waals surface area contributed by atoms with Crippen molar-refractivity contribution < 1.29 is 4.79 Å². The summed E-state index contributed by atoms with van der Waals surface area (Å²) in [5, 5.41) is 9.76. The van der Waals surface area contributed by atoms with Gasteiger partial charge in [-0.2, -0.15) is 0 Å². The smallest absolute Gasteiger partial charge is 0.291 e. The number of nitrogens with one attached hydrogen (secondary N) is 2. The largest absolute Gasteiger partial charge is 0.346 e. The average Bonchev–Trinajstić information content (AvgIpc) is 2.95. The van der Waals surface area contributed by atoms with E-state index in [0.29, 0.717) is 0 Å². The van der Waals surface area contributed by atoms with Crippen molar-refractivity contribution in [2.75, 3.05) is 19.6 Å². The van der Waals surface area contributed by atoms with Crippen LogP contribution < -0.4 is 5.32 Å². The van der Waals surface area contributed by atoms with E-state index in [0.717, 1.165) is 38.2 Å². The number of aromatic amines is 1. The third kappa shape index (κ3) is 4.03. The Kier molecular flexibility index (Phi) is 5.52. The van der Waals surface area contributed by atoms with Crippen molar-refractivity contribution in [3.8, 4) is 0 Å². The number of nitrogens with zero attached hydrogens (tertiary/aromatic N) is 3. The molecule has 1 aliphatic heterocycles. The monoisotopic (exact) mass is 279 g/mol. The van der Waals surface area contributed by atoms with Crippen LogP contribution in [0.1, 0.15) is 56.0 Å². The highest BCUT2D eigenvalue weighted by atomic mass is 16.2. The summed E-state index contributed by atoms with van der Waals surface area (Å²) < 4.78 is 0. The molecule has 0 bridgehead atoms. The van der Waals surface area contributed by atoms with E-state index in [1.165, 1.54) is 19.4 Å². The number of H-pyrrole nitrogens is 1. The first-order valence-corrected chi connectivity index (χ1v) is 7.67. The van der Waals surface area contributed by atoms with Gasteiger partial charge in [0.1, 0.15) is 5.82 Å². The van der Waals surface area contributed by atoms with E-state index in [1.54, 1.807) is 0 Å². The molecule has 1 aliphatic rings. The molecule has 2 N–H and O–H groups in total. The second kappa shape index (κ2) is 7.38. The highest BCUT2D eigenvalue weighted by Crippen LogP contribution is 2.11. The molecule has 0 spiro atoms. The van der Waals surface area contributed by atoms with Crippen molar-refractivity contribution in [2.24, 2.45) is 0 Å². The molecule has 0 atom stereocenters. The standard InChI is InChI=1S/C14H25N5O/c1-3-5-8-19-9-6-11(7-10-19)15-14(20)13-16-12(4-2)17-18-13/h11H,3-10H2,1-2H3,(H,15,20)(H,16,17,18). The van der Waals surface area contributed by atoms with Gasteiger partial charge in [0.15, 0.2) is 0 Å². The van der Waals surface area contributed by atoms with Crippen molar-refractivity contribution in [2.45, 2.75) is 52.0 Å². The van der Waals surface area contributed by atoms with E-state index in [9.17, 15) is 4.79 Å². The van der Waals surface area contributed by atoms with Gasteiger partial charge in [-0.15, -0.1) is 5.10 Å². The lowest BCUT2D eigenvalue weighted by molar-refractivity contribution is 0.0900. The van der Waals surface area contributed by atoms with E-state index < -0.39 is 0 Å². The molecular formula is C14H25N5O. The summed E-state index contributed by atoms with van der Waals surface area (Å²) in [6, 6.07) is 0.254. The topological polar surface area (TPSA) is 73.9 Å². The van der Waals surface area contributed by atoms with Gasteiger partial charge in [0.2, 0.25) is 5.82 Å². The van der Waals surface area contributed by atoms with Crippen LogP contribution in [-0.4, -0.2) is 51.7 Å². The zero-order valence-electron chi connectivity index (χ0n) is 12.5. The number of hydrogen-bond donors (Lipinski definition) is 2. The van der Waals surface area contributed by atoms with E-state index in [-0.39, 0.29) is 17.8 Å². The van der Waals surface area contributed by atoms with Crippen molar-refractivity contribution >= 4 is 5.91 Å². The van der Waals surface area contributed by atoms with Gasteiger partial charge in [-0.3, -0.25) is 9.89 Å². The molecule has 6 heteroatoms. The molecule has 1 amide bonds. The first kappa shape index (κ1) is 15.0. The Morgan fingerprint density at radius 1 is 1.40 bits per heavy atom. The molecule has 0 aliphatic carbocycles. The van der Waals surface area contributed by atoms with Gasteiger partial charge >= 0.3 is 0 Å². The Morgan fingerprint density at radius 2 is 2.15 bits per heavy atom. The third-order valence-corrected chi connectivity index (χ3v) is 3.82. The number of amides is 1. The molecule has 1 aromatic heterocycles. The van der Waals surface area contributed by atoms with Crippen LogP contribution in [0.5, 0.6) is 0 Å². The lowest BCUT2D eigenvalue weighted by Crippen LogP contribution is -2.45. The van der Waals surface area contributed by atoms with Crippen LogP contribution in [0.2, 0.25) is 0 Å². The van der Waals surface area contributed by atoms with E-state index in [2.05, 4.69) is 32.3 Å². The molecule has 1 fully saturated rings. The second-order valence-electron chi connectivity index (χ2n) is 5.40. The van der Waals surface area contributed by atoms with Gasteiger partial charge in [0.25, 0.3) is 5.91 Å². The molecule has 112 valence electrons. The van der Waals surface area contributed by atoms with Gasteiger partial charge in [0.05, 0.1) is 0 Å². The fraction of sp³-hybridized carbons (Fsp3) is 0.786. The average molecular weight is 279 g/mol. The fourth-order valence-electron chi connectivity index (χ4n) is 2.49. The highest BCUT2D eigenvalue weighted by molar-refractivity contribution is 5.90. The highest BCUT2D eigenvalue weighted by Gasteiger charge is 2.22. The Balaban J connectivity index is 1.76. The normalized spacial score (nSPS) is 17.3. The van der Waals surface area contributed by atoms with Gasteiger partial charge in [-0.1, -0.05) is 20.3 Å². The maximum Gasteiger partial charge on any atom is 0.291 e. The summed E-state index contributed by atoms with van der Waals surface area (Å²) in [4.78, 5) is 18.7. The first-order valence-electron chi connectivity index (χ1n) is 7.67. The molecule has 2 rings (SSSR count). The first-order chi connectivity index (χ1) is 9.72. The number of hydrogen-bond acceptors (Lipinski definition) is 4. The van der Waals surface area contributed by atoms with E-state index in [4.69, 9.17) is 0 Å². The summed E-state index contributed by atoms with van der Waals surface area (Å²) in [6.07, 6.45) is 5.28. The van der Waals surface area contributed by atoms with Crippen molar-refractivity contribution in [1.82, 2.24) is 25.4 Å². The Bertz CT molecular complexity index is 423. The summed E-state index contributed by atoms with van der Waals surface area (Å²) in [7, 11) is 0. The van der Waals surface area contributed by atoms with Crippen LogP contribution >= 0.6 is 0 Å². The van der Waals surface area contributed by atoms with Gasteiger partial charge in [0, 0.05) is 25.6 Å². The van der Waals surface area contributed by atoms with Gasteiger partial charge < -0.3 is 10.2 Å². The minimum absolute atomic E-state index is 0.159. The van der Waals surface area contributed by atoms with E-state index in [1.807, 2.05) is 6.92 Å². The number of piperidine rings is 1. The van der Waals surface area contributed by atoms with Crippen LogP contribution in [0.15, 0.2) is 0 Å². The maximum absolute atomic E-state index is 12.0. The Morgan fingerprint density at radius 3 is 2.75 bits per heavy atom. The predicted molar refractivity (Wildman–Crippen MR) is 77.6 cm³/mol. The van der Waals surface area contributed by atoms with Crippen molar-refractivity contribution in [3.05, 3.63) is 11.6 Å². The zero-order chi connectivity index (χ0) is 14.4. The zero-order valence-corrected chi connectivity index (χ0v) is 12.5. The molecule has 0 radical (unpaired) electrons. The molecule has 6 nitrogen and oxygen atoms in total. The second-order valence-corrected chi connectivity index (χ2v) is 5.40. The number of likely N-dealkylation sites (tertiary alicyclic amines) is 1. The fourth-order valence-corrected chi connectivity index (χ4v) is 2.49. The Labute approximate surface area is 120 Å². The number of carbonyl (C=O) groups excluding carboxylic acids is 1. The lowest BCUT2D eigenvalue weighted by Gasteiger charge is -2.32. The van der Waals surface area contributed by atoms with Crippen LogP contribution in [0.3, 0.4) is 0 Å². The number of aromatic nitrogens is 3. The van der Waals surface area contributed by atoms with Crippen LogP contribution in [0, 0.1) is 0 Å². The number of rotatable bonds is 6. The van der Waals surface area contributed by atoms with Gasteiger partial charge in [-0.25, -0.2) is 4.98 Å². The van der Waals surface area contributed by atoms with Gasteiger partial charge in [-0.05, 0) is 25.8 Å². The van der Waals surface area contributed by atoms with Crippen LogP contribution in [-0.2, 0) is 6.42 Å². The number of aryl methyl sites for hydroxylation is 1. The molecule has 0 aromatic carbocycles. The summed E-state index contributed by atoms with van der Waals surface area (Å²) >= 11 is 0. The lowest BCUT2D eigenvalue weighted by atomic mass is 10.0. The van der Waals surface area contributed by atoms with E-state index >= 15 is 0 Å². The third-order valence-electron chi connectivity index (χ3n) is 3.82. The quantitative estimate of drug-likeness (QED) is 0.824. The Hall–Kier alpha value is -1.43. The van der Waals surface area contributed by atoms with Crippen LogP contribution in [0.4, 0.5) is 0 Å². The molecule has 1 aromatic rings. The van der Waals surface area contributed by atoms with Crippen LogP contribution in [0.25, 0.3) is 0 Å². The SMILES string of the molecule is CCCCN1CCC(NC(=O)c2n[nH]c(CC)n2)CC1. The molecule has 1 saturated heterocycles. The number of carbonyl (C=O) groups is 1. The maximum atomic E-state index is 12.0. The minimum Gasteiger partial charge on any atom is -0.346 e. The molecule has 0 saturated carbocycles. The summed E-state index contributed by atoms with van der Waals surface area (Å²) in [5.74, 6) is 0.854.